The lowest BCUT2D eigenvalue weighted by Gasteiger charge is -2.59. The van der Waals surface area contributed by atoms with Crippen LogP contribution in [-0.4, -0.2) is 131 Å². The first kappa shape index (κ1) is 46.2. The van der Waals surface area contributed by atoms with Gasteiger partial charge in [-0.3, -0.25) is 9.59 Å². The van der Waals surface area contributed by atoms with Crippen molar-refractivity contribution in [2.75, 3.05) is 20.3 Å². The molecule has 0 spiro atoms. The minimum atomic E-state index is -1.73. The van der Waals surface area contributed by atoms with E-state index in [2.05, 4.69) is 19.9 Å². The Morgan fingerprint density at radius 3 is 2.35 bits per heavy atom. The number of rotatable bonds is 11. The Hall–Kier alpha value is -3.29. The molecule has 1 aromatic heterocycles. The zero-order valence-corrected chi connectivity index (χ0v) is 37.5. The Balaban J connectivity index is 1.10. The average molecular weight is 899 g/mol. The number of ketones is 1. The van der Waals surface area contributed by atoms with E-state index < -0.39 is 90.8 Å². The fourth-order valence-corrected chi connectivity index (χ4v) is 13.2. The second kappa shape index (κ2) is 17.8. The fourth-order valence-electron chi connectivity index (χ4n) is 12.2. The Bertz CT molecular complexity index is 2040. The molecule has 0 amide bonds. The van der Waals surface area contributed by atoms with Gasteiger partial charge in [0.15, 0.2) is 36.7 Å². The number of hydrogen-bond donors (Lipinski definition) is 5. The van der Waals surface area contributed by atoms with Gasteiger partial charge in [0.25, 0.3) is 0 Å². The predicted octanol–water partition coefficient (Wildman–Crippen LogP) is 4.27. The lowest BCUT2D eigenvalue weighted by atomic mass is 9.46. The van der Waals surface area contributed by atoms with Crippen LogP contribution >= 0.6 is 11.3 Å². The van der Waals surface area contributed by atoms with E-state index in [4.69, 9.17) is 33.2 Å². The summed E-state index contributed by atoms with van der Waals surface area (Å²) < 4.78 is 41.5. The molecule has 2 aromatic rings. The first-order chi connectivity index (χ1) is 29.9. The molecular formula is C47H62O15S. The number of aliphatic hydroxyl groups is 5. The molecule has 17 atom stereocenters. The molecule has 6 aliphatic rings. The molecule has 0 unspecified atom stereocenters. The Morgan fingerprint density at radius 2 is 1.67 bits per heavy atom. The van der Waals surface area contributed by atoms with Crippen LogP contribution in [0, 0.1) is 41.4 Å². The second-order valence-electron chi connectivity index (χ2n) is 19.2. The number of methoxy groups -OCH3 is 1. The van der Waals surface area contributed by atoms with E-state index in [1.54, 1.807) is 19.1 Å². The number of thiophene rings is 1. The fraction of sp³-hybridized carbons (Fsp3) is 0.681. The van der Waals surface area contributed by atoms with Crippen LogP contribution in [0.4, 0.5) is 0 Å². The summed E-state index contributed by atoms with van der Waals surface area (Å²) in [5, 5.41) is 59.1. The maximum absolute atomic E-state index is 14.5. The number of benzene rings is 1. The van der Waals surface area contributed by atoms with Crippen molar-refractivity contribution < 1.29 is 73.1 Å². The number of Topliss-reactive ketones (excluding diaryl/α,β-unsaturated/α-hetero) is 1. The summed E-state index contributed by atoms with van der Waals surface area (Å²) in [4.78, 5) is 41.2. The largest absolute Gasteiger partial charge is 0.497 e. The highest BCUT2D eigenvalue weighted by atomic mass is 32.1. The first-order valence-electron chi connectivity index (χ1n) is 22.2. The molecule has 5 fully saturated rings. The van der Waals surface area contributed by atoms with Crippen LogP contribution in [0.15, 0.2) is 47.4 Å². The summed E-state index contributed by atoms with van der Waals surface area (Å²) in [5.74, 6) is -1.85. The Kier molecular flexibility index (Phi) is 13.1. The van der Waals surface area contributed by atoms with Gasteiger partial charge in [0, 0.05) is 12.3 Å². The quantitative estimate of drug-likeness (QED) is 0.121. The van der Waals surface area contributed by atoms with Crippen molar-refractivity contribution in [1.29, 1.82) is 0 Å². The minimum Gasteiger partial charge on any atom is -0.497 e. The summed E-state index contributed by atoms with van der Waals surface area (Å²) in [7, 11) is 1.48. The zero-order valence-electron chi connectivity index (χ0n) is 36.7. The number of esters is 2. The normalized spacial score (nSPS) is 41.6. The van der Waals surface area contributed by atoms with Gasteiger partial charge >= 0.3 is 11.9 Å². The van der Waals surface area contributed by atoms with Crippen molar-refractivity contribution in [2.45, 2.75) is 147 Å². The van der Waals surface area contributed by atoms with Crippen LogP contribution in [-0.2, 0) is 33.2 Å². The van der Waals surface area contributed by atoms with Gasteiger partial charge < -0.3 is 58.7 Å². The molecule has 5 N–H and O–H groups in total. The molecule has 4 aliphatic carbocycles. The maximum atomic E-state index is 14.5. The molecule has 3 heterocycles. The topological polar surface area (TPSA) is 217 Å². The van der Waals surface area contributed by atoms with E-state index in [1.165, 1.54) is 43.1 Å². The molecule has 3 saturated carbocycles. The van der Waals surface area contributed by atoms with Crippen LogP contribution in [0.3, 0.4) is 0 Å². The SMILES string of the molecule is COc1ccc(C(=O)O[C@H]2[C@H](O[C@@H]3[C@@H](OC(C)=O)[C@H](O[C@H]4C[C@H]5[C@@H]6CC=C7C[C@@H](O)CC[C@]7(C)[C@H]6CC[C@]5(C)[C@@]4(O)[C@H](C)C(=O)c4cc(C)cs4)CO[C@@H]3O)OC[C@@H](O)[C@@H]2O)cc1. The lowest BCUT2D eigenvalue weighted by molar-refractivity contribution is -0.343. The van der Waals surface area contributed by atoms with E-state index in [-0.39, 0.29) is 41.3 Å². The summed E-state index contributed by atoms with van der Waals surface area (Å²) in [6.45, 7) is 8.56. The zero-order chi connectivity index (χ0) is 45.2. The molecule has 346 valence electrons. The van der Waals surface area contributed by atoms with E-state index in [1.807, 2.05) is 18.4 Å². The van der Waals surface area contributed by atoms with Gasteiger partial charge in [-0.05, 0) is 116 Å². The number of aryl methyl sites for hydroxylation is 1. The number of ether oxygens (including phenoxy) is 7. The van der Waals surface area contributed by atoms with Crippen LogP contribution in [0.25, 0.3) is 0 Å². The van der Waals surface area contributed by atoms with Crippen molar-refractivity contribution in [3.63, 3.8) is 0 Å². The maximum Gasteiger partial charge on any atom is 0.338 e. The highest BCUT2D eigenvalue weighted by molar-refractivity contribution is 7.12. The van der Waals surface area contributed by atoms with E-state index in [0.717, 1.165) is 31.2 Å². The highest BCUT2D eigenvalue weighted by Gasteiger charge is 2.71. The molecule has 2 saturated heterocycles. The van der Waals surface area contributed by atoms with Crippen molar-refractivity contribution in [3.8, 4) is 5.75 Å². The second-order valence-corrected chi connectivity index (χ2v) is 20.1. The summed E-state index contributed by atoms with van der Waals surface area (Å²) >= 11 is 1.33. The Labute approximate surface area is 371 Å². The van der Waals surface area contributed by atoms with Gasteiger partial charge in [-0.2, -0.15) is 0 Å². The van der Waals surface area contributed by atoms with Crippen molar-refractivity contribution in [2.24, 2.45) is 34.5 Å². The summed E-state index contributed by atoms with van der Waals surface area (Å²) in [5.41, 5.74) is -0.245. The van der Waals surface area contributed by atoms with Gasteiger partial charge in [-0.15, -0.1) is 11.3 Å². The molecule has 1 aromatic carbocycles. The van der Waals surface area contributed by atoms with Crippen LogP contribution in [0.1, 0.15) is 98.2 Å². The number of aliphatic hydroxyl groups excluding tert-OH is 4. The van der Waals surface area contributed by atoms with Crippen LogP contribution in [0.5, 0.6) is 5.75 Å². The third-order valence-electron chi connectivity index (χ3n) is 15.7. The number of carbonyl (C=O) groups is 3. The lowest BCUT2D eigenvalue weighted by Crippen LogP contribution is -2.64. The molecule has 8 rings (SSSR count). The first-order valence-corrected chi connectivity index (χ1v) is 23.1. The van der Waals surface area contributed by atoms with Crippen molar-refractivity contribution >= 4 is 29.1 Å². The highest BCUT2D eigenvalue weighted by Crippen LogP contribution is 2.69. The number of allylic oxidation sites excluding steroid dienone is 1. The van der Waals surface area contributed by atoms with Gasteiger partial charge in [0.1, 0.15) is 29.7 Å². The third kappa shape index (κ3) is 8.20. The van der Waals surface area contributed by atoms with Crippen molar-refractivity contribution in [1.82, 2.24) is 0 Å². The number of carbonyl (C=O) groups excluding carboxylic acids is 3. The van der Waals surface area contributed by atoms with Crippen LogP contribution in [0.2, 0.25) is 0 Å². The molecule has 0 bridgehead atoms. The standard InChI is InChI=1S/C47H62O15S/c1-23-17-35(63-22-23)37(51)24(2)47(55)36(19-32-30-12-9-27-18-28(49)13-15-45(27,4)31(30)14-16-46(32,47)5)60-34-21-57-43(54)41(39(34)59-25(3)48)62-44-40(38(52)33(50)20-58-44)61-42(53)26-7-10-29(56-6)11-8-26/h7-11,17,22,24,28,30-34,36,38-41,43-44,49-50,52,54-55H,12-16,18-21H2,1-6H3/t24-,28+,30-,31+,32+,33-,34-,36+,38+,39+,40-,41-,43+,44+,45+,46+,47-/m1/s1. The van der Waals surface area contributed by atoms with Gasteiger partial charge in [-0.1, -0.05) is 32.4 Å². The molecule has 63 heavy (non-hydrogen) atoms. The van der Waals surface area contributed by atoms with Gasteiger partial charge in [0.2, 0.25) is 0 Å². The van der Waals surface area contributed by atoms with Crippen molar-refractivity contribution in [3.05, 3.63) is 63.4 Å². The Morgan fingerprint density at radius 1 is 0.921 bits per heavy atom. The summed E-state index contributed by atoms with van der Waals surface area (Å²) in [6.07, 6.45) is -6.31. The third-order valence-corrected chi connectivity index (χ3v) is 16.8. The van der Waals surface area contributed by atoms with Gasteiger partial charge in [0.05, 0.1) is 48.9 Å². The average Bonchev–Trinajstić information content (AvgIpc) is 3.79. The van der Waals surface area contributed by atoms with E-state index >= 15 is 0 Å². The minimum absolute atomic E-state index is 0.0768. The smallest absolute Gasteiger partial charge is 0.338 e. The number of hydrogen-bond acceptors (Lipinski definition) is 16. The van der Waals surface area contributed by atoms with Crippen LogP contribution < -0.4 is 4.74 Å². The van der Waals surface area contributed by atoms with E-state index in [9.17, 15) is 39.9 Å². The summed E-state index contributed by atoms with van der Waals surface area (Å²) in [6, 6.07) is 7.86. The van der Waals surface area contributed by atoms with E-state index in [0.29, 0.717) is 35.8 Å². The molecule has 2 aliphatic heterocycles. The predicted molar refractivity (Wildman–Crippen MR) is 226 cm³/mol. The van der Waals surface area contributed by atoms with Gasteiger partial charge in [-0.25, -0.2) is 4.79 Å². The molecule has 0 radical (unpaired) electrons. The monoisotopic (exact) mass is 898 g/mol. The number of fused-ring (bicyclic) bond motifs is 5. The molecule has 16 heteroatoms. The molecule has 15 nitrogen and oxygen atoms in total. The molecular weight excluding hydrogens is 837 g/mol.